The van der Waals surface area contributed by atoms with Gasteiger partial charge in [0.15, 0.2) is 0 Å². The van der Waals surface area contributed by atoms with Crippen LogP contribution in [-0.4, -0.2) is 38.6 Å². The number of aromatic amines is 1. The van der Waals surface area contributed by atoms with Crippen molar-refractivity contribution in [3.8, 4) is 0 Å². The molecule has 22 heavy (non-hydrogen) atoms. The van der Waals surface area contributed by atoms with Gasteiger partial charge in [-0.3, -0.25) is 4.79 Å². The van der Waals surface area contributed by atoms with E-state index in [1.165, 1.54) is 22.0 Å². The van der Waals surface area contributed by atoms with Crippen LogP contribution in [0, 0.1) is 5.92 Å². The smallest absolute Gasteiger partial charge is 0.226 e. The molecule has 0 bridgehead atoms. The second kappa shape index (κ2) is 3.74. The Kier molecular flexibility index (Phi) is 2.16. The van der Waals surface area contributed by atoms with Crippen LogP contribution in [0.3, 0.4) is 0 Å². The van der Waals surface area contributed by atoms with Crippen LogP contribution < -0.4 is 0 Å². The number of hydrogen-bond acceptors (Lipinski definition) is 2. The highest BCUT2D eigenvalue weighted by Crippen LogP contribution is 2.57. The normalized spacial score (nSPS) is 35.0. The van der Waals surface area contributed by atoms with Crippen LogP contribution in [0.4, 0.5) is 0 Å². The number of carbonyl (C=O) groups is 1. The third-order valence-electron chi connectivity index (χ3n) is 6.30. The SMILES string of the molecule is CC1(C)[C@@H]2Cc3cccc4[nH]cc(c34)[C@@H]2[C@@H]2[C@H](O)CC(=O)N21. The molecule has 1 amide bonds. The summed E-state index contributed by atoms with van der Waals surface area (Å²) in [6.07, 6.45) is 2.80. The first-order chi connectivity index (χ1) is 10.5. The van der Waals surface area contributed by atoms with E-state index in [1.807, 2.05) is 4.90 Å². The van der Waals surface area contributed by atoms with Gasteiger partial charge in [0.1, 0.15) is 0 Å². The van der Waals surface area contributed by atoms with Gasteiger partial charge in [0.2, 0.25) is 5.91 Å². The van der Waals surface area contributed by atoms with Crippen LogP contribution >= 0.6 is 0 Å². The van der Waals surface area contributed by atoms with Crippen molar-refractivity contribution in [3.63, 3.8) is 0 Å². The summed E-state index contributed by atoms with van der Waals surface area (Å²) in [5.41, 5.74) is 3.62. The lowest BCUT2D eigenvalue weighted by Gasteiger charge is -2.37. The van der Waals surface area contributed by atoms with Crippen LogP contribution in [0.2, 0.25) is 0 Å². The van der Waals surface area contributed by atoms with Crippen molar-refractivity contribution in [2.24, 2.45) is 5.92 Å². The molecule has 1 aromatic heterocycles. The quantitative estimate of drug-likeness (QED) is 0.783. The Labute approximate surface area is 129 Å². The number of carbonyl (C=O) groups excluding carboxylic acids is 1. The largest absolute Gasteiger partial charge is 0.390 e. The number of nitrogens with one attached hydrogen (secondary N) is 1. The minimum absolute atomic E-state index is 0.0696. The number of aliphatic hydroxyl groups excluding tert-OH is 1. The van der Waals surface area contributed by atoms with Gasteiger partial charge >= 0.3 is 0 Å². The minimum Gasteiger partial charge on any atom is -0.390 e. The number of nitrogens with zero attached hydrogens (tertiary/aromatic N) is 1. The molecule has 1 aliphatic carbocycles. The second-order valence-electron chi connectivity index (χ2n) is 7.60. The lowest BCUT2D eigenvalue weighted by atomic mass is 9.69. The van der Waals surface area contributed by atoms with Crippen LogP contribution in [0.25, 0.3) is 10.9 Å². The molecule has 1 aromatic carbocycles. The summed E-state index contributed by atoms with van der Waals surface area (Å²) >= 11 is 0. The van der Waals surface area contributed by atoms with Gasteiger partial charge in [-0.25, -0.2) is 0 Å². The molecule has 5 rings (SSSR count). The molecular weight excluding hydrogens is 276 g/mol. The highest BCUT2D eigenvalue weighted by Gasteiger charge is 2.62. The van der Waals surface area contributed by atoms with Crippen molar-refractivity contribution < 1.29 is 9.90 Å². The Bertz CT molecular complexity index is 807. The maximum absolute atomic E-state index is 12.4. The van der Waals surface area contributed by atoms with Crippen molar-refractivity contribution in [1.29, 1.82) is 0 Å². The summed E-state index contributed by atoms with van der Waals surface area (Å²) in [4.78, 5) is 17.8. The maximum Gasteiger partial charge on any atom is 0.226 e. The Morgan fingerprint density at radius 1 is 1.32 bits per heavy atom. The van der Waals surface area contributed by atoms with Crippen molar-refractivity contribution in [1.82, 2.24) is 9.88 Å². The van der Waals surface area contributed by atoms with Crippen molar-refractivity contribution in [3.05, 3.63) is 35.5 Å². The van der Waals surface area contributed by atoms with Gasteiger partial charge in [-0.1, -0.05) is 12.1 Å². The van der Waals surface area contributed by atoms with E-state index in [0.29, 0.717) is 5.92 Å². The summed E-state index contributed by atoms with van der Waals surface area (Å²) in [5, 5.41) is 11.8. The zero-order valence-corrected chi connectivity index (χ0v) is 12.8. The number of hydrogen-bond donors (Lipinski definition) is 2. The second-order valence-corrected chi connectivity index (χ2v) is 7.60. The number of aliphatic hydroxyl groups is 1. The molecule has 2 aromatic rings. The number of H-pyrrole nitrogens is 1. The van der Waals surface area contributed by atoms with E-state index in [9.17, 15) is 9.90 Å². The Hall–Kier alpha value is -1.81. The predicted molar refractivity (Wildman–Crippen MR) is 83.6 cm³/mol. The highest BCUT2D eigenvalue weighted by atomic mass is 16.3. The molecule has 2 N–H and O–H groups in total. The number of amides is 1. The summed E-state index contributed by atoms with van der Waals surface area (Å²) in [6.45, 7) is 4.33. The van der Waals surface area contributed by atoms with Gasteiger partial charge in [0.05, 0.1) is 18.6 Å². The Balaban J connectivity index is 1.78. The molecule has 4 nitrogen and oxygen atoms in total. The number of benzene rings is 1. The molecule has 4 heteroatoms. The fourth-order valence-corrected chi connectivity index (χ4v) is 5.43. The Morgan fingerprint density at radius 3 is 2.95 bits per heavy atom. The number of aromatic nitrogens is 1. The molecule has 2 saturated heterocycles. The average Bonchev–Trinajstić information content (AvgIpc) is 3.08. The molecule has 114 valence electrons. The van der Waals surface area contributed by atoms with E-state index in [-0.39, 0.29) is 29.8 Å². The third-order valence-corrected chi connectivity index (χ3v) is 6.30. The Morgan fingerprint density at radius 2 is 2.14 bits per heavy atom. The highest BCUT2D eigenvalue weighted by molar-refractivity contribution is 5.89. The van der Waals surface area contributed by atoms with E-state index in [2.05, 4.69) is 43.2 Å². The summed E-state index contributed by atoms with van der Waals surface area (Å²) in [6, 6.07) is 6.34. The zero-order valence-electron chi connectivity index (χ0n) is 12.8. The molecule has 3 heterocycles. The molecule has 0 radical (unpaired) electrons. The topological polar surface area (TPSA) is 56.3 Å². The van der Waals surface area contributed by atoms with Gasteiger partial charge in [0, 0.05) is 28.6 Å². The van der Waals surface area contributed by atoms with Crippen molar-refractivity contribution >= 4 is 16.8 Å². The van der Waals surface area contributed by atoms with Crippen LogP contribution in [0.5, 0.6) is 0 Å². The molecule has 0 spiro atoms. The van der Waals surface area contributed by atoms with E-state index in [1.54, 1.807) is 0 Å². The van der Waals surface area contributed by atoms with E-state index >= 15 is 0 Å². The van der Waals surface area contributed by atoms with Gasteiger partial charge in [-0.05, 0) is 43.4 Å². The first-order valence-electron chi connectivity index (χ1n) is 8.09. The van der Waals surface area contributed by atoms with Gasteiger partial charge in [-0.2, -0.15) is 0 Å². The van der Waals surface area contributed by atoms with Crippen LogP contribution in [-0.2, 0) is 11.2 Å². The lowest BCUT2D eigenvalue weighted by Crippen LogP contribution is -2.46. The van der Waals surface area contributed by atoms with Crippen molar-refractivity contribution in [2.75, 3.05) is 0 Å². The first kappa shape index (κ1) is 12.7. The lowest BCUT2D eigenvalue weighted by molar-refractivity contribution is -0.132. The number of fused-ring (bicyclic) bond motifs is 4. The standard InChI is InChI=1S/C18H20N2O2/c1-18(2)11-6-9-4-3-5-12-15(9)10(8-19-12)16(11)17-13(21)7-14(22)20(17)18/h3-5,8,11,13,16-17,19,21H,6-7H2,1-2H3/t11-,13-,16+,17+/m1/s1. The third kappa shape index (κ3) is 1.26. The fourth-order valence-electron chi connectivity index (χ4n) is 5.43. The molecule has 4 atom stereocenters. The van der Waals surface area contributed by atoms with Crippen LogP contribution in [0.15, 0.2) is 24.4 Å². The zero-order chi connectivity index (χ0) is 15.2. The van der Waals surface area contributed by atoms with Gasteiger partial charge in [-0.15, -0.1) is 0 Å². The van der Waals surface area contributed by atoms with Crippen LogP contribution in [0.1, 0.15) is 37.3 Å². The average molecular weight is 296 g/mol. The number of rotatable bonds is 0. The molecule has 2 aliphatic heterocycles. The van der Waals surface area contributed by atoms with Crippen molar-refractivity contribution in [2.45, 2.75) is 50.3 Å². The fraction of sp³-hybridized carbons (Fsp3) is 0.500. The minimum atomic E-state index is -0.544. The molecule has 3 aliphatic rings. The monoisotopic (exact) mass is 296 g/mol. The van der Waals surface area contributed by atoms with E-state index < -0.39 is 6.10 Å². The molecule has 0 unspecified atom stereocenters. The summed E-state index contributed by atoms with van der Waals surface area (Å²) < 4.78 is 0. The molecular formula is C18H20N2O2. The summed E-state index contributed by atoms with van der Waals surface area (Å²) in [7, 11) is 0. The van der Waals surface area contributed by atoms with Gasteiger partial charge < -0.3 is 15.0 Å². The van der Waals surface area contributed by atoms with E-state index in [4.69, 9.17) is 0 Å². The summed E-state index contributed by atoms with van der Waals surface area (Å²) in [5.74, 6) is 0.707. The van der Waals surface area contributed by atoms with Gasteiger partial charge in [0.25, 0.3) is 0 Å². The predicted octanol–water partition coefficient (Wildman–Crippen LogP) is 2.18. The molecule has 2 fully saturated rings. The first-order valence-corrected chi connectivity index (χ1v) is 8.09. The van der Waals surface area contributed by atoms with E-state index in [0.717, 1.165) is 6.42 Å². The molecule has 0 saturated carbocycles. The maximum atomic E-state index is 12.4.